The van der Waals surface area contributed by atoms with E-state index in [-0.39, 0.29) is 94.1 Å². The number of nitrogens with two attached hydrogens (primary N) is 1. The monoisotopic (exact) mass is 1840 g/mol. The van der Waals surface area contributed by atoms with Gasteiger partial charge in [-0.1, -0.05) is 80.1 Å². The Balaban J connectivity index is 0.000000241. The highest BCUT2D eigenvalue weighted by Gasteiger charge is 2.60. The third kappa shape index (κ3) is 39.2. The predicted octanol–water partition coefficient (Wildman–Crippen LogP) is -2.44. The van der Waals surface area contributed by atoms with Crippen LogP contribution in [0.5, 0.6) is 0 Å². The number of carbonyl (C=O) groups excluding carboxylic acids is 4. The molecule has 6 aliphatic rings. The first-order valence-electron chi connectivity index (χ1n) is 44.9. The number of rotatable bonds is 70. The lowest BCUT2D eigenvalue weighted by molar-refractivity contribution is -0.249. The Kier molecular flexibility index (Phi) is 52.0. The van der Waals surface area contributed by atoms with Crippen molar-refractivity contribution in [3.05, 3.63) is 71.6 Å². The number of ketones is 1. The smallest absolute Gasteiger partial charge is 0.220 e. The molecular weight excluding hydrogens is 1700 g/mol. The highest BCUT2D eigenvalue weighted by atomic mass is 16.8. The summed E-state index contributed by atoms with van der Waals surface area (Å²) in [5.74, 6) is -0.884. The van der Waals surface area contributed by atoms with Gasteiger partial charge in [0.25, 0.3) is 0 Å². The number of benzene rings is 1. The van der Waals surface area contributed by atoms with E-state index >= 15 is 0 Å². The summed E-state index contributed by atoms with van der Waals surface area (Å²) in [7, 11) is 0. The van der Waals surface area contributed by atoms with Gasteiger partial charge in [0.15, 0.2) is 24.7 Å². The number of hydrogen-bond donors (Lipinski definition) is 11. The number of nitrogens with zero attached hydrogens (tertiary/aromatic N) is 9. The van der Waals surface area contributed by atoms with Crippen LogP contribution in [0.3, 0.4) is 0 Å². The Morgan fingerprint density at radius 2 is 0.705 bits per heavy atom. The van der Waals surface area contributed by atoms with Gasteiger partial charge >= 0.3 is 0 Å². The molecule has 0 radical (unpaired) electrons. The third-order valence-electron chi connectivity index (χ3n) is 21.5. The van der Waals surface area contributed by atoms with Gasteiger partial charge in [-0.25, -0.2) is 14.0 Å². The highest BCUT2D eigenvalue weighted by molar-refractivity contribution is 5.97. The van der Waals surface area contributed by atoms with E-state index in [2.05, 4.69) is 59.1 Å². The molecule has 734 valence electrons. The van der Waals surface area contributed by atoms with Gasteiger partial charge in [-0.2, -0.15) is 0 Å². The molecule has 1 aromatic carbocycles. The molecule has 0 spiro atoms. The number of ether oxygens (including phenoxy) is 21. The summed E-state index contributed by atoms with van der Waals surface area (Å²) in [6.45, 7) is 23.4. The van der Waals surface area contributed by atoms with Crippen molar-refractivity contribution in [3.8, 4) is 0 Å². The minimum Gasteiger partial charge on any atom is -0.390 e. The number of hydrogen-bond acceptors (Lipinski definition) is 39. The molecule has 3 amide bonds. The maximum Gasteiger partial charge on any atom is 0.220 e. The first-order valence-corrected chi connectivity index (χ1v) is 44.9. The average molecular weight is 1840 g/mol. The van der Waals surface area contributed by atoms with Gasteiger partial charge in [0.1, 0.15) is 52.2 Å². The van der Waals surface area contributed by atoms with Gasteiger partial charge in [-0.3, -0.25) is 19.2 Å². The minimum absolute atomic E-state index is 0.0242. The van der Waals surface area contributed by atoms with E-state index in [4.69, 9.17) is 105 Å². The lowest BCUT2D eigenvalue weighted by atomic mass is 9.86. The first kappa shape index (κ1) is 108. The maximum absolute atomic E-state index is 12.0. The van der Waals surface area contributed by atoms with Crippen molar-refractivity contribution in [2.45, 2.75) is 184 Å². The van der Waals surface area contributed by atoms with Crippen molar-refractivity contribution in [3.63, 3.8) is 0 Å². The number of unbranched alkanes of at least 4 members (excludes halogenated alkanes) is 1. The van der Waals surface area contributed by atoms with Gasteiger partial charge in [-0.15, -0.1) is 15.3 Å². The van der Waals surface area contributed by atoms with Crippen LogP contribution in [0, 0.1) is 17.8 Å². The van der Waals surface area contributed by atoms with E-state index in [0.717, 1.165) is 18.5 Å². The second kappa shape index (κ2) is 62.2. The fourth-order valence-electron chi connectivity index (χ4n) is 13.8. The van der Waals surface area contributed by atoms with Crippen molar-refractivity contribution in [1.29, 1.82) is 0 Å². The Morgan fingerprint density at radius 1 is 0.403 bits per heavy atom. The summed E-state index contributed by atoms with van der Waals surface area (Å²) in [5, 5.41) is 97.6. The van der Waals surface area contributed by atoms with Crippen molar-refractivity contribution >= 4 is 23.5 Å². The summed E-state index contributed by atoms with van der Waals surface area (Å²) in [6, 6.07) is 9.11. The van der Waals surface area contributed by atoms with Gasteiger partial charge in [0.05, 0.1) is 281 Å². The number of aliphatic hydroxyl groups is 6. The molecule has 9 heterocycles. The number of aromatic nitrogens is 9. The fraction of sp³-hybridized carbons (Fsp3) is 0.810. The van der Waals surface area contributed by atoms with Crippen LogP contribution in [0.25, 0.3) is 0 Å². The molecule has 12 N–H and O–H groups in total. The summed E-state index contributed by atoms with van der Waals surface area (Å²) in [4.78, 5) is 47.1. The molecule has 3 aromatic heterocycles. The van der Waals surface area contributed by atoms with Gasteiger partial charge in [0, 0.05) is 62.2 Å². The molecule has 6 bridgehead atoms. The number of aliphatic hydroxyl groups excluding tert-OH is 6. The Hall–Kier alpha value is -6.44. The summed E-state index contributed by atoms with van der Waals surface area (Å²) in [5.41, 5.74) is 5.06. The molecular formula is C84H142N14O31. The highest BCUT2D eigenvalue weighted by Crippen LogP contribution is 2.42. The molecule has 129 heavy (non-hydrogen) atoms. The maximum atomic E-state index is 12.0. The minimum atomic E-state index is -1.07. The topological polar surface area (TPSA) is 550 Å². The second-order valence-electron chi connectivity index (χ2n) is 31.8. The SMILES string of the molecule is CCCCC(=O)NCCOCc1cn(CCOCCOCCOCCOC[C@@]23CO[C@@H](O2)[C@H](C)[C@@H](O)[C@H]3O)nn1.C[C@@H]1[C@H]2OC[C@](COCCOCCOCCOCCn3cc(COCCNC(=O)CCCN)nn3)(O2)[C@H](O)[C@@H]1O.C[C@H]1[C@H]2OC[C@](COCCOCCOCCOCCn3cc(COCCNC(=O)CCCNCC(=O)c4ccccc4)nn3)(O2)[C@H](O)[C@@H]1O. The number of nitrogens with one attached hydrogen (secondary N) is 4. The Bertz CT molecular complexity index is 3510. The number of fused-ring (bicyclic) bond motifs is 6. The molecule has 0 saturated carbocycles. The van der Waals surface area contributed by atoms with E-state index in [1.807, 2.05) is 24.4 Å². The van der Waals surface area contributed by atoms with Gasteiger partial charge in [-0.05, 0) is 32.4 Å². The van der Waals surface area contributed by atoms with Gasteiger partial charge in [0.2, 0.25) is 17.7 Å². The Morgan fingerprint density at radius 3 is 1.02 bits per heavy atom. The van der Waals surface area contributed by atoms with Gasteiger partial charge < -0.3 is 157 Å². The lowest BCUT2D eigenvalue weighted by Crippen LogP contribution is -2.60. The quantitative estimate of drug-likeness (QED) is 0.0162. The van der Waals surface area contributed by atoms with Crippen molar-refractivity contribution in [2.24, 2.45) is 23.5 Å². The number of carbonyl (C=O) groups is 4. The molecule has 0 aliphatic carbocycles. The summed E-state index contributed by atoms with van der Waals surface area (Å²) >= 11 is 0. The summed E-state index contributed by atoms with van der Waals surface area (Å²) < 4.78 is 122. The van der Waals surface area contributed by atoms with E-state index in [0.29, 0.717) is 273 Å². The zero-order valence-electron chi connectivity index (χ0n) is 75.2. The molecule has 6 saturated heterocycles. The van der Waals surface area contributed by atoms with Crippen molar-refractivity contribution in [1.82, 2.24) is 66.2 Å². The predicted molar refractivity (Wildman–Crippen MR) is 453 cm³/mol. The summed E-state index contributed by atoms with van der Waals surface area (Å²) in [6.07, 6.45) is 2.48. The van der Waals surface area contributed by atoms with Crippen LogP contribution in [0.2, 0.25) is 0 Å². The molecule has 15 atom stereocenters. The molecule has 45 heteroatoms. The normalized spacial score (nSPS) is 24.9. The molecule has 6 aliphatic heterocycles. The third-order valence-corrected chi connectivity index (χ3v) is 21.5. The second-order valence-corrected chi connectivity index (χ2v) is 31.8. The molecule has 10 rings (SSSR count). The van der Waals surface area contributed by atoms with E-state index in [1.54, 1.807) is 59.3 Å². The zero-order chi connectivity index (χ0) is 92.0. The Labute approximate surface area is 753 Å². The number of amides is 3. The zero-order valence-corrected chi connectivity index (χ0v) is 75.2. The van der Waals surface area contributed by atoms with E-state index < -0.39 is 72.3 Å². The number of Topliss-reactive ketones (excluding diaryl/α,β-unsaturated/α-hetero) is 1. The standard InChI is InChI=1S/C33H51N5O11.C26H46N4O10.C25H45N5O10/c1-25-30(41)31(42)33(24-48-32(25)49-33)23-47-19-18-45-17-16-44-15-14-43-13-11-38-21-27(36-37-38)22-46-12-10-35-29(40)8-5-9-34-20-28(39)26-6-3-2-4-7-26;1-3-4-5-22(31)27-6-8-37-17-21-16-30(29-28-21)7-9-34-10-11-35-12-13-36-14-15-38-18-26-19-39-25(40-26)20(2)23(32)24(26)33;1-19-22(32)23(33)25(18-39-24(19)40-25)17-38-14-13-36-12-11-35-10-9-34-8-6-30-15-20(28-29-30)16-37-7-5-27-21(31)3-2-4-26/h2-4,6-7,21,25,30-32,34,41-42H,5,8-20,22-24H2,1H3,(H,35,40);16,20,23-25,32-33H,3-15,17-19H2,1-2H3,(H,27,31);15,19,22-24,32-33H,2-14,16-18,26H2,1H3,(H,27,31)/t25-,30-,31-,32+,33+;20-,23-,24-,25+,26+;19-,22+,23+,24-,25-/m110/s1. The largest absolute Gasteiger partial charge is 0.390 e. The van der Waals surface area contributed by atoms with Crippen LogP contribution < -0.4 is 27.0 Å². The van der Waals surface area contributed by atoms with E-state index in [1.165, 1.54) is 0 Å². The van der Waals surface area contributed by atoms with Crippen molar-refractivity contribution in [2.75, 3.05) is 237 Å². The molecule has 45 nitrogen and oxygen atoms in total. The van der Waals surface area contributed by atoms with Crippen LogP contribution in [0.15, 0.2) is 48.9 Å². The molecule has 4 aromatic rings. The van der Waals surface area contributed by atoms with Crippen LogP contribution in [-0.2, 0) is 153 Å². The van der Waals surface area contributed by atoms with Crippen LogP contribution in [0.1, 0.15) is 100 Å². The molecule has 0 unspecified atom stereocenters. The fourth-order valence-corrected chi connectivity index (χ4v) is 13.8. The van der Waals surface area contributed by atoms with Crippen LogP contribution >= 0.6 is 0 Å². The average Bonchev–Trinajstić information content (AvgIpc) is 1.63. The van der Waals surface area contributed by atoms with Crippen molar-refractivity contribution < 1.29 is 149 Å². The van der Waals surface area contributed by atoms with E-state index in [9.17, 15) is 49.8 Å². The van der Waals surface area contributed by atoms with Crippen LogP contribution in [-0.4, -0.2) is 409 Å². The lowest BCUT2D eigenvalue weighted by Gasteiger charge is -2.41. The first-order chi connectivity index (χ1) is 62.8. The van der Waals surface area contributed by atoms with Crippen LogP contribution in [0.4, 0.5) is 0 Å². The molecule has 6 fully saturated rings.